The molecule has 18 heavy (non-hydrogen) atoms. The summed E-state index contributed by atoms with van der Waals surface area (Å²) in [7, 11) is 4.04. The zero-order valence-corrected chi connectivity index (χ0v) is 12.0. The molecule has 0 atom stereocenters. The number of hydrogen-bond donors (Lipinski definition) is 1. The molecule has 0 aliphatic rings. The van der Waals surface area contributed by atoms with E-state index in [4.69, 9.17) is 0 Å². The minimum absolute atomic E-state index is 0.232. The molecule has 1 N–H and O–H groups in total. The molecule has 0 aromatic carbocycles. The van der Waals surface area contributed by atoms with Crippen LogP contribution < -0.4 is 0 Å². The number of aromatic carboxylic acids is 1. The molecule has 0 saturated heterocycles. The standard InChI is InChI=1S/C12H19N3O2S/c1-8-10(12(16)17)11(14-9(2)13-8)18-7-5-6-15(3)4/h5-7H2,1-4H3,(H,16,17). The van der Waals surface area contributed by atoms with Crippen LogP contribution in [0.15, 0.2) is 5.03 Å². The third-order valence-corrected chi connectivity index (χ3v) is 3.43. The first-order valence-corrected chi connectivity index (χ1v) is 6.76. The highest BCUT2D eigenvalue weighted by Crippen LogP contribution is 2.23. The second kappa shape index (κ2) is 6.70. The number of rotatable bonds is 6. The van der Waals surface area contributed by atoms with Crippen molar-refractivity contribution in [3.63, 3.8) is 0 Å². The second-order valence-corrected chi connectivity index (χ2v) is 5.43. The van der Waals surface area contributed by atoms with Gasteiger partial charge in [0.25, 0.3) is 0 Å². The Morgan fingerprint density at radius 1 is 1.33 bits per heavy atom. The minimum Gasteiger partial charge on any atom is -0.478 e. The zero-order valence-electron chi connectivity index (χ0n) is 11.2. The van der Waals surface area contributed by atoms with Gasteiger partial charge in [0.15, 0.2) is 0 Å². The molecule has 0 bridgehead atoms. The van der Waals surface area contributed by atoms with E-state index in [0.717, 1.165) is 18.7 Å². The summed E-state index contributed by atoms with van der Waals surface area (Å²) in [4.78, 5) is 21.6. The van der Waals surface area contributed by atoms with E-state index in [1.165, 1.54) is 11.8 Å². The smallest absolute Gasteiger partial charge is 0.340 e. The molecule has 1 heterocycles. The summed E-state index contributed by atoms with van der Waals surface area (Å²) in [5.74, 6) is 0.518. The maximum Gasteiger partial charge on any atom is 0.340 e. The Labute approximate surface area is 112 Å². The predicted octanol–water partition coefficient (Wildman–Crippen LogP) is 1.84. The van der Waals surface area contributed by atoms with Gasteiger partial charge >= 0.3 is 5.97 Å². The van der Waals surface area contributed by atoms with Gasteiger partial charge in [-0.1, -0.05) is 0 Å². The molecule has 0 aliphatic carbocycles. The topological polar surface area (TPSA) is 66.3 Å². The summed E-state index contributed by atoms with van der Waals surface area (Å²) >= 11 is 1.49. The highest BCUT2D eigenvalue weighted by Gasteiger charge is 2.17. The molecule has 0 spiro atoms. The van der Waals surface area contributed by atoms with Gasteiger partial charge in [0.2, 0.25) is 0 Å². The van der Waals surface area contributed by atoms with Crippen LogP contribution in [0.4, 0.5) is 0 Å². The molecule has 100 valence electrons. The van der Waals surface area contributed by atoms with Gasteiger partial charge in [-0.25, -0.2) is 14.8 Å². The van der Waals surface area contributed by atoms with Crippen molar-refractivity contribution in [2.24, 2.45) is 0 Å². The fourth-order valence-corrected chi connectivity index (χ4v) is 2.62. The molecule has 0 saturated carbocycles. The average molecular weight is 269 g/mol. The monoisotopic (exact) mass is 269 g/mol. The first-order valence-electron chi connectivity index (χ1n) is 5.78. The Balaban J connectivity index is 2.77. The molecule has 0 radical (unpaired) electrons. The van der Waals surface area contributed by atoms with Crippen molar-refractivity contribution < 1.29 is 9.90 Å². The van der Waals surface area contributed by atoms with Gasteiger partial charge in [0.05, 0.1) is 5.69 Å². The lowest BCUT2D eigenvalue weighted by Gasteiger charge is -2.10. The lowest BCUT2D eigenvalue weighted by Crippen LogP contribution is -2.13. The fourth-order valence-electron chi connectivity index (χ4n) is 1.58. The van der Waals surface area contributed by atoms with Crippen molar-refractivity contribution in [3.05, 3.63) is 17.1 Å². The van der Waals surface area contributed by atoms with Crippen molar-refractivity contribution in [2.45, 2.75) is 25.3 Å². The average Bonchev–Trinajstić information content (AvgIpc) is 2.22. The van der Waals surface area contributed by atoms with Gasteiger partial charge in [0.1, 0.15) is 16.4 Å². The van der Waals surface area contributed by atoms with Crippen LogP contribution in [0.5, 0.6) is 0 Å². The van der Waals surface area contributed by atoms with E-state index in [2.05, 4.69) is 14.9 Å². The van der Waals surface area contributed by atoms with Gasteiger partial charge in [-0.2, -0.15) is 0 Å². The summed E-state index contributed by atoms with van der Waals surface area (Å²) in [6.45, 7) is 4.48. The van der Waals surface area contributed by atoms with Gasteiger partial charge in [-0.15, -0.1) is 11.8 Å². The van der Waals surface area contributed by atoms with Crippen LogP contribution in [0.1, 0.15) is 28.3 Å². The van der Waals surface area contributed by atoms with E-state index >= 15 is 0 Å². The van der Waals surface area contributed by atoms with Crippen molar-refractivity contribution in [3.8, 4) is 0 Å². The van der Waals surface area contributed by atoms with Crippen molar-refractivity contribution >= 4 is 17.7 Å². The summed E-state index contributed by atoms with van der Waals surface area (Å²) in [5, 5.41) is 9.76. The highest BCUT2D eigenvalue weighted by atomic mass is 32.2. The number of carbonyl (C=O) groups is 1. The molecule has 5 nitrogen and oxygen atoms in total. The number of thioether (sulfide) groups is 1. The SMILES string of the molecule is Cc1nc(C)c(C(=O)O)c(SCCCN(C)C)n1. The van der Waals surface area contributed by atoms with Crippen LogP contribution in [0, 0.1) is 13.8 Å². The lowest BCUT2D eigenvalue weighted by molar-refractivity contribution is 0.0690. The van der Waals surface area contributed by atoms with E-state index in [9.17, 15) is 9.90 Å². The third kappa shape index (κ3) is 4.27. The molecule has 1 aromatic heterocycles. The molecule has 0 unspecified atom stereocenters. The summed E-state index contributed by atoms with van der Waals surface area (Å²) in [6, 6.07) is 0. The molecule has 6 heteroatoms. The van der Waals surface area contributed by atoms with E-state index in [1.807, 2.05) is 14.1 Å². The zero-order chi connectivity index (χ0) is 13.7. The van der Waals surface area contributed by atoms with E-state index < -0.39 is 5.97 Å². The number of carboxylic acids is 1. The summed E-state index contributed by atoms with van der Waals surface area (Å²) in [5.41, 5.74) is 0.764. The van der Waals surface area contributed by atoms with Crippen molar-refractivity contribution in [1.82, 2.24) is 14.9 Å². The largest absolute Gasteiger partial charge is 0.478 e. The Morgan fingerprint density at radius 3 is 2.56 bits per heavy atom. The fraction of sp³-hybridized carbons (Fsp3) is 0.583. The number of hydrogen-bond acceptors (Lipinski definition) is 5. The van der Waals surface area contributed by atoms with Crippen LogP contribution in [0.25, 0.3) is 0 Å². The molecule has 1 rings (SSSR count). The molecular weight excluding hydrogens is 250 g/mol. The first-order chi connectivity index (χ1) is 8.41. The Hall–Kier alpha value is -1.14. The number of aromatic nitrogens is 2. The van der Waals surface area contributed by atoms with E-state index in [-0.39, 0.29) is 5.56 Å². The van der Waals surface area contributed by atoms with E-state index in [0.29, 0.717) is 16.5 Å². The number of carboxylic acid groups (broad SMARTS) is 1. The van der Waals surface area contributed by atoms with Gasteiger partial charge in [-0.05, 0) is 40.9 Å². The van der Waals surface area contributed by atoms with Crippen LogP contribution >= 0.6 is 11.8 Å². The minimum atomic E-state index is -0.956. The second-order valence-electron chi connectivity index (χ2n) is 4.35. The van der Waals surface area contributed by atoms with Gasteiger partial charge in [0, 0.05) is 5.75 Å². The van der Waals surface area contributed by atoms with Crippen LogP contribution in [0.2, 0.25) is 0 Å². The maximum atomic E-state index is 11.2. The lowest BCUT2D eigenvalue weighted by atomic mass is 10.2. The molecule has 1 aromatic rings. The first kappa shape index (κ1) is 14.9. The normalized spacial score (nSPS) is 10.9. The number of nitrogens with zero attached hydrogens (tertiary/aromatic N) is 3. The van der Waals surface area contributed by atoms with Gasteiger partial charge < -0.3 is 10.0 Å². The van der Waals surface area contributed by atoms with Gasteiger partial charge in [-0.3, -0.25) is 0 Å². The maximum absolute atomic E-state index is 11.2. The predicted molar refractivity (Wildman–Crippen MR) is 72.4 cm³/mol. The van der Waals surface area contributed by atoms with Crippen molar-refractivity contribution in [2.75, 3.05) is 26.4 Å². The van der Waals surface area contributed by atoms with Crippen molar-refractivity contribution in [1.29, 1.82) is 0 Å². The Kier molecular flexibility index (Phi) is 5.55. The molecular formula is C12H19N3O2S. The quantitative estimate of drug-likeness (QED) is 0.483. The third-order valence-electron chi connectivity index (χ3n) is 2.37. The Bertz CT molecular complexity index is 436. The molecule has 0 aliphatic heterocycles. The Morgan fingerprint density at radius 2 is 2.00 bits per heavy atom. The van der Waals surface area contributed by atoms with E-state index in [1.54, 1.807) is 13.8 Å². The van der Waals surface area contributed by atoms with Crippen LogP contribution in [-0.2, 0) is 0 Å². The van der Waals surface area contributed by atoms with Crippen LogP contribution in [-0.4, -0.2) is 52.3 Å². The molecule has 0 fully saturated rings. The molecule has 0 amide bonds. The summed E-state index contributed by atoms with van der Waals surface area (Å²) < 4.78 is 0. The highest BCUT2D eigenvalue weighted by molar-refractivity contribution is 7.99. The number of aryl methyl sites for hydroxylation is 2. The van der Waals surface area contributed by atoms with Crippen LogP contribution in [0.3, 0.4) is 0 Å². The summed E-state index contributed by atoms with van der Waals surface area (Å²) in [6.07, 6.45) is 0.999.